The van der Waals surface area contributed by atoms with Crippen molar-refractivity contribution >= 4 is 0 Å². The minimum Gasteiger partial charge on any atom is -0.378 e. The minimum atomic E-state index is 0.214. The van der Waals surface area contributed by atoms with Crippen LogP contribution in [-0.4, -0.2) is 25.4 Å². The summed E-state index contributed by atoms with van der Waals surface area (Å²) in [5.41, 5.74) is 0.439. The molecule has 0 aromatic carbocycles. The molecular formula is C16H34O2. The van der Waals surface area contributed by atoms with Gasteiger partial charge in [-0.25, -0.2) is 0 Å². The van der Waals surface area contributed by atoms with Gasteiger partial charge < -0.3 is 9.47 Å². The van der Waals surface area contributed by atoms with E-state index in [9.17, 15) is 0 Å². The van der Waals surface area contributed by atoms with Gasteiger partial charge in [0.15, 0.2) is 0 Å². The van der Waals surface area contributed by atoms with Crippen LogP contribution in [0.2, 0.25) is 0 Å². The van der Waals surface area contributed by atoms with E-state index in [1.165, 1.54) is 0 Å². The molecule has 0 N–H and O–H groups in total. The lowest BCUT2D eigenvalue weighted by Crippen LogP contribution is -2.30. The van der Waals surface area contributed by atoms with E-state index in [-0.39, 0.29) is 10.8 Å². The Morgan fingerprint density at radius 1 is 0.889 bits per heavy atom. The Bertz CT molecular complexity index is 210. The van der Waals surface area contributed by atoms with E-state index >= 15 is 0 Å². The average molecular weight is 258 g/mol. The van der Waals surface area contributed by atoms with Crippen molar-refractivity contribution in [3.63, 3.8) is 0 Å². The first-order valence-electron chi connectivity index (χ1n) is 7.32. The second kappa shape index (κ2) is 7.49. The van der Waals surface area contributed by atoms with E-state index in [0.29, 0.717) is 12.2 Å². The van der Waals surface area contributed by atoms with Crippen LogP contribution in [0.3, 0.4) is 0 Å². The van der Waals surface area contributed by atoms with Crippen molar-refractivity contribution in [2.24, 2.45) is 10.8 Å². The van der Waals surface area contributed by atoms with Crippen molar-refractivity contribution in [1.29, 1.82) is 0 Å². The molecule has 0 rings (SSSR count). The van der Waals surface area contributed by atoms with Crippen LogP contribution in [0.5, 0.6) is 0 Å². The highest BCUT2D eigenvalue weighted by Gasteiger charge is 2.25. The summed E-state index contributed by atoms with van der Waals surface area (Å²) >= 11 is 0. The molecule has 0 aromatic rings. The number of ether oxygens (including phenoxy) is 2. The minimum absolute atomic E-state index is 0.214. The first-order valence-corrected chi connectivity index (χ1v) is 7.32. The molecule has 18 heavy (non-hydrogen) atoms. The third kappa shape index (κ3) is 7.38. The topological polar surface area (TPSA) is 18.5 Å². The zero-order valence-corrected chi connectivity index (χ0v) is 13.8. The molecule has 0 aliphatic carbocycles. The number of hydrogen-bond donors (Lipinski definition) is 0. The van der Waals surface area contributed by atoms with E-state index in [1.807, 2.05) is 0 Å². The van der Waals surface area contributed by atoms with E-state index in [0.717, 1.165) is 26.1 Å². The van der Waals surface area contributed by atoms with Crippen LogP contribution in [-0.2, 0) is 9.47 Å². The van der Waals surface area contributed by atoms with Crippen molar-refractivity contribution < 1.29 is 9.47 Å². The molecule has 0 aromatic heterocycles. The van der Waals surface area contributed by atoms with Crippen LogP contribution < -0.4 is 0 Å². The molecule has 0 saturated carbocycles. The molecule has 0 amide bonds. The maximum absolute atomic E-state index is 5.89. The maximum atomic E-state index is 5.89. The maximum Gasteiger partial charge on any atom is 0.0624 e. The summed E-state index contributed by atoms with van der Waals surface area (Å²) in [6, 6.07) is 0. The third-order valence-electron chi connectivity index (χ3n) is 3.53. The summed E-state index contributed by atoms with van der Waals surface area (Å²) in [6.07, 6.45) is 2.78. The largest absolute Gasteiger partial charge is 0.378 e. The van der Waals surface area contributed by atoms with Crippen LogP contribution in [0.15, 0.2) is 0 Å². The normalized spacial score (nSPS) is 16.7. The highest BCUT2D eigenvalue weighted by molar-refractivity contribution is 4.75. The van der Waals surface area contributed by atoms with Gasteiger partial charge in [-0.1, -0.05) is 41.5 Å². The smallest absolute Gasteiger partial charge is 0.0624 e. The zero-order chi connectivity index (χ0) is 14.4. The van der Waals surface area contributed by atoms with Gasteiger partial charge in [0, 0.05) is 13.2 Å². The standard InChI is InChI=1S/C16H34O2/c1-9-17-14(16(6,7)8)11-10-12-18-13(2)15(3,4)5/h13-14H,9-12H2,1-8H3. The van der Waals surface area contributed by atoms with Crippen LogP contribution in [0, 0.1) is 10.8 Å². The third-order valence-corrected chi connectivity index (χ3v) is 3.53. The first kappa shape index (κ1) is 17.9. The van der Waals surface area contributed by atoms with Crippen molar-refractivity contribution in [1.82, 2.24) is 0 Å². The van der Waals surface area contributed by atoms with Gasteiger partial charge in [0.1, 0.15) is 0 Å². The molecule has 0 heterocycles. The van der Waals surface area contributed by atoms with Gasteiger partial charge in [0.05, 0.1) is 12.2 Å². The molecule has 2 heteroatoms. The summed E-state index contributed by atoms with van der Waals surface area (Å²) in [6.45, 7) is 19.2. The van der Waals surface area contributed by atoms with Crippen molar-refractivity contribution in [2.75, 3.05) is 13.2 Å². The summed E-state index contributed by atoms with van der Waals surface area (Å²) in [7, 11) is 0. The molecular weight excluding hydrogens is 224 g/mol. The summed E-state index contributed by atoms with van der Waals surface area (Å²) in [4.78, 5) is 0. The van der Waals surface area contributed by atoms with Gasteiger partial charge in [-0.3, -0.25) is 0 Å². The molecule has 0 bridgehead atoms. The van der Waals surface area contributed by atoms with Gasteiger partial charge in [0.2, 0.25) is 0 Å². The predicted molar refractivity (Wildman–Crippen MR) is 79.0 cm³/mol. The van der Waals surface area contributed by atoms with E-state index < -0.39 is 0 Å². The lowest BCUT2D eigenvalue weighted by molar-refractivity contribution is -0.0362. The first-order chi connectivity index (χ1) is 8.09. The fraction of sp³-hybridized carbons (Fsp3) is 1.00. The highest BCUT2D eigenvalue weighted by atomic mass is 16.5. The molecule has 0 radical (unpaired) electrons. The average Bonchev–Trinajstić information content (AvgIpc) is 2.19. The molecule has 0 saturated heterocycles. The molecule has 2 nitrogen and oxygen atoms in total. The molecule has 0 spiro atoms. The van der Waals surface area contributed by atoms with Crippen LogP contribution in [0.1, 0.15) is 68.2 Å². The number of hydrogen-bond acceptors (Lipinski definition) is 2. The molecule has 110 valence electrons. The van der Waals surface area contributed by atoms with Gasteiger partial charge in [-0.2, -0.15) is 0 Å². The molecule has 0 fully saturated rings. The second-order valence-electron chi connectivity index (χ2n) is 7.33. The van der Waals surface area contributed by atoms with Crippen molar-refractivity contribution in [3.05, 3.63) is 0 Å². The zero-order valence-electron chi connectivity index (χ0n) is 13.8. The Morgan fingerprint density at radius 2 is 1.44 bits per heavy atom. The Morgan fingerprint density at radius 3 is 1.83 bits per heavy atom. The quantitative estimate of drug-likeness (QED) is 0.618. The summed E-state index contributed by atoms with van der Waals surface area (Å²) in [5, 5.41) is 0. The SMILES string of the molecule is CCOC(CCCOC(C)C(C)(C)C)C(C)(C)C. The molecule has 0 aliphatic heterocycles. The van der Waals surface area contributed by atoms with Crippen molar-refractivity contribution in [2.45, 2.75) is 80.4 Å². The Balaban J connectivity index is 3.95. The van der Waals surface area contributed by atoms with Crippen molar-refractivity contribution in [3.8, 4) is 0 Å². The van der Waals surface area contributed by atoms with Crippen LogP contribution >= 0.6 is 0 Å². The number of rotatable bonds is 7. The van der Waals surface area contributed by atoms with Crippen LogP contribution in [0.4, 0.5) is 0 Å². The van der Waals surface area contributed by atoms with Gasteiger partial charge in [0.25, 0.3) is 0 Å². The summed E-state index contributed by atoms with van der Waals surface area (Å²) < 4.78 is 11.7. The fourth-order valence-corrected chi connectivity index (χ4v) is 1.75. The Kier molecular flexibility index (Phi) is 7.46. The highest BCUT2D eigenvalue weighted by Crippen LogP contribution is 2.26. The Hall–Kier alpha value is -0.0800. The Labute approximate surface area is 114 Å². The second-order valence-corrected chi connectivity index (χ2v) is 7.33. The predicted octanol–water partition coefficient (Wildman–Crippen LogP) is 4.67. The monoisotopic (exact) mass is 258 g/mol. The van der Waals surface area contributed by atoms with E-state index in [4.69, 9.17) is 9.47 Å². The fourth-order valence-electron chi connectivity index (χ4n) is 1.75. The lowest BCUT2D eigenvalue weighted by Gasteiger charge is -2.31. The van der Waals surface area contributed by atoms with Gasteiger partial charge in [-0.15, -0.1) is 0 Å². The molecule has 2 atom stereocenters. The van der Waals surface area contributed by atoms with Gasteiger partial charge in [-0.05, 0) is 37.5 Å². The summed E-state index contributed by atoms with van der Waals surface area (Å²) in [5.74, 6) is 0. The lowest BCUT2D eigenvalue weighted by atomic mass is 9.86. The van der Waals surface area contributed by atoms with Gasteiger partial charge >= 0.3 is 0 Å². The molecule has 2 unspecified atom stereocenters. The van der Waals surface area contributed by atoms with E-state index in [2.05, 4.69) is 55.4 Å². The van der Waals surface area contributed by atoms with E-state index in [1.54, 1.807) is 0 Å². The van der Waals surface area contributed by atoms with Crippen LogP contribution in [0.25, 0.3) is 0 Å². The molecule has 0 aliphatic rings.